The first-order valence-electron chi connectivity index (χ1n) is 14.5. The van der Waals surface area contributed by atoms with Crippen LogP contribution in [0.3, 0.4) is 0 Å². The van der Waals surface area contributed by atoms with Crippen molar-refractivity contribution < 1.29 is 18.7 Å². The summed E-state index contributed by atoms with van der Waals surface area (Å²) >= 11 is 0. The molecule has 2 aromatic carbocycles. The van der Waals surface area contributed by atoms with E-state index in [0.717, 1.165) is 76.4 Å². The number of benzene rings is 2. The molecule has 1 saturated carbocycles. The molecule has 1 aromatic heterocycles. The first-order chi connectivity index (χ1) is 19.1. The van der Waals surface area contributed by atoms with Crippen LogP contribution in [0.4, 0.5) is 14.7 Å². The van der Waals surface area contributed by atoms with Gasteiger partial charge in [0.05, 0.1) is 11.0 Å². The lowest BCUT2D eigenvalue weighted by Gasteiger charge is -2.36. The van der Waals surface area contributed by atoms with Gasteiger partial charge in [0.1, 0.15) is 0 Å². The number of carbonyl (C=O) groups is 1. The molecule has 7 nitrogen and oxygen atoms in total. The first kappa shape index (κ1) is 28.6. The zero-order valence-corrected chi connectivity index (χ0v) is 23.7. The maximum atomic E-state index is 13.9. The number of anilines is 1. The summed E-state index contributed by atoms with van der Waals surface area (Å²) in [6.07, 6.45) is 3.56. The van der Waals surface area contributed by atoms with E-state index in [1.807, 2.05) is 0 Å². The SMILES string of the molecule is CC(C)N1CCN(Cc2ccc3c(c2)nc(NC(=O)c2cccc(C(C)(F)F)c2)n3C2CCC(CO)CC2)CC1. The summed E-state index contributed by atoms with van der Waals surface area (Å²) in [5.41, 5.74) is 2.91. The molecule has 2 N–H and O–H groups in total. The van der Waals surface area contributed by atoms with Gasteiger partial charge in [0.25, 0.3) is 11.8 Å². The summed E-state index contributed by atoms with van der Waals surface area (Å²) in [7, 11) is 0. The van der Waals surface area contributed by atoms with E-state index in [-0.39, 0.29) is 23.8 Å². The Hall–Kier alpha value is -2.88. The lowest BCUT2D eigenvalue weighted by Crippen LogP contribution is -2.48. The normalized spacial score (nSPS) is 21.3. The summed E-state index contributed by atoms with van der Waals surface area (Å²) in [6, 6.07) is 12.6. The highest BCUT2D eigenvalue weighted by Gasteiger charge is 2.28. The number of imidazole rings is 1. The average Bonchev–Trinajstić information content (AvgIpc) is 3.29. The van der Waals surface area contributed by atoms with E-state index >= 15 is 0 Å². The minimum atomic E-state index is -3.04. The van der Waals surface area contributed by atoms with E-state index in [0.29, 0.717) is 17.9 Å². The van der Waals surface area contributed by atoms with Crippen LogP contribution >= 0.6 is 0 Å². The summed E-state index contributed by atoms with van der Waals surface area (Å²) in [6.45, 7) is 10.5. The van der Waals surface area contributed by atoms with Crippen LogP contribution in [0.1, 0.15) is 74.0 Å². The fourth-order valence-corrected chi connectivity index (χ4v) is 6.09. The monoisotopic (exact) mass is 553 g/mol. The number of carbonyl (C=O) groups excluding carboxylic acids is 1. The van der Waals surface area contributed by atoms with Gasteiger partial charge >= 0.3 is 0 Å². The van der Waals surface area contributed by atoms with Gasteiger partial charge in [-0.2, -0.15) is 0 Å². The summed E-state index contributed by atoms with van der Waals surface area (Å²) < 4.78 is 29.9. The minimum absolute atomic E-state index is 0.129. The Balaban J connectivity index is 1.41. The van der Waals surface area contributed by atoms with Crippen molar-refractivity contribution in [2.45, 2.75) is 71.0 Å². The molecule has 2 aliphatic rings. The highest BCUT2D eigenvalue weighted by atomic mass is 19.3. The van der Waals surface area contributed by atoms with Crippen molar-refractivity contribution in [3.05, 3.63) is 59.2 Å². The number of rotatable bonds is 8. The number of nitrogens with zero attached hydrogens (tertiary/aromatic N) is 4. The summed E-state index contributed by atoms with van der Waals surface area (Å²) in [5, 5.41) is 12.6. The number of amides is 1. The fraction of sp³-hybridized carbons (Fsp3) is 0.548. The standard InChI is InChI=1S/C31H41F2N5O2/c1-21(2)37-15-13-36(14-16-37)19-23-9-12-28-27(17-23)34-30(38(28)26-10-7-22(20-39)8-11-26)35-29(40)24-5-4-6-25(18-24)31(3,32)33/h4-6,9,12,17-18,21-22,26,39H,7-8,10-11,13-16,19-20H2,1-3H3,(H,34,35,40). The van der Waals surface area contributed by atoms with E-state index < -0.39 is 11.8 Å². The molecule has 5 rings (SSSR count). The van der Waals surface area contributed by atoms with Gasteiger partial charge in [-0.1, -0.05) is 18.2 Å². The van der Waals surface area contributed by atoms with Crippen LogP contribution in [-0.4, -0.2) is 69.2 Å². The molecular weight excluding hydrogens is 512 g/mol. The molecule has 3 aromatic rings. The summed E-state index contributed by atoms with van der Waals surface area (Å²) in [5.74, 6) is -2.77. The lowest BCUT2D eigenvalue weighted by molar-refractivity contribution is 0.0174. The Morgan fingerprint density at radius 1 is 1.07 bits per heavy atom. The molecule has 0 unspecified atom stereocenters. The van der Waals surface area contributed by atoms with Crippen molar-refractivity contribution in [2.75, 3.05) is 38.1 Å². The molecule has 40 heavy (non-hydrogen) atoms. The molecular formula is C31H41F2N5O2. The number of aromatic nitrogens is 2. The van der Waals surface area contributed by atoms with Crippen molar-refractivity contribution in [3.8, 4) is 0 Å². The van der Waals surface area contributed by atoms with Crippen LogP contribution in [-0.2, 0) is 12.5 Å². The fourth-order valence-electron chi connectivity index (χ4n) is 6.09. The van der Waals surface area contributed by atoms with Gasteiger partial charge in [0.2, 0.25) is 5.95 Å². The Labute approximate surface area is 235 Å². The van der Waals surface area contributed by atoms with Gasteiger partial charge in [-0.3, -0.25) is 19.9 Å². The van der Waals surface area contributed by atoms with Crippen molar-refractivity contribution in [1.29, 1.82) is 0 Å². The largest absolute Gasteiger partial charge is 0.396 e. The number of hydrogen-bond donors (Lipinski definition) is 2. The number of hydrogen-bond acceptors (Lipinski definition) is 5. The van der Waals surface area contributed by atoms with Crippen LogP contribution in [0.2, 0.25) is 0 Å². The molecule has 0 bridgehead atoms. The third-order valence-corrected chi connectivity index (χ3v) is 8.59. The van der Waals surface area contributed by atoms with Gasteiger partial charge in [0.15, 0.2) is 0 Å². The minimum Gasteiger partial charge on any atom is -0.396 e. The Morgan fingerprint density at radius 2 is 1.80 bits per heavy atom. The molecule has 1 amide bonds. The van der Waals surface area contributed by atoms with E-state index in [1.165, 1.54) is 23.8 Å². The first-order valence-corrected chi connectivity index (χ1v) is 14.5. The Kier molecular flexibility index (Phi) is 8.54. The predicted molar refractivity (Wildman–Crippen MR) is 154 cm³/mol. The third-order valence-electron chi connectivity index (χ3n) is 8.59. The maximum Gasteiger partial charge on any atom is 0.270 e. The molecule has 1 aliphatic heterocycles. The topological polar surface area (TPSA) is 73.6 Å². The molecule has 9 heteroatoms. The molecule has 1 saturated heterocycles. The second kappa shape index (κ2) is 11.9. The number of alkyl halides is 2. The van der Waals surface area contributed by atoms with Crippen LogP contribution in [0.15, 0.2) is 42.5 Å². The zero-order valence-electron chi connectivity index (χ0n) is 23.7. The molecule has 2 heterocycles. The lowest BCUT2D eigenvalue weighted by atomic mass is 9.86. The van der Waals surface area contributed by atoms with Crippen molar-refractivity contribution in [3.63, 3.8) is 0 Å². The maximum absolute atomic E-state index is 13.9. The van der Waals surface area contributed by atoms with Crippen LogP contribution in [0, 0.1) is 5.92 Å². The highest BCUT2D eigenvalue weighted by Crippen LogP contribution is 2.37. The number of fused-ring (bicyclic) bond motifs is 1. The summed E-state index contributed by atoms with van der Waals surface area (Å²) in [4.78, 5) is 23.1. The van der Waals surface area contributed by atoms with Gasteiger partial charge in [-0.15, -0.1) is 0 Å². The third kappa shape index (κ3) is 6.37. The van der Waals surface area contributed by atoms with Gasteiger partial charge in [0, 0.05) is 69.5 Å². The molecule has 1 aliphatic carbocycles. The van der Waals surface area contributed by atoms with Crippen LogP contribution in [0.25, 0.3) is 11.0 Å². The molecule has 2 fully saturated rings. The number of nitrogens with one attached hydrogen (secondary N) is 1. The van der Waals surface area contributed by atoms with Crippen molar-refractivity contribution in [1.82, 2.24) is 19.4 Å². The number of halogens is 2. The second-order valence-electron chi connectivity index (χ2n) is 11.8. The van der Waals surface area contributed by atoms with Crippen LogP contribution < -0.4 is 5.32 Å². The van der Waals surface area contributed by atoms with Crippen LogP contribution in [0.5, 0.6) is 0 Å². The van der Waals surface area contributed by atoms with E-state index in [9.17, 15) is 18.7 Å². The Morgan fingerprint density at radius 3 is 2.45 bits per heavy atom. The quantitative estimate of drug-likeness (QED) is 0.377. The van der Waals surface area contributed by atoms with Crippen molar-refractivity contribution >= 4 is 22.9 Å². The Bertz CT molecular complexity index is 1320. The van der Waals surface area contributed by atoms with E-state index in [1.54, 1.807) is 6.07 Å². The number of aliphatic hydroxyl groups is 1. The number of aliphatic hydroxyl groups excluding tert-OH is 1. The highest BCUT2D eigenvalue weighted by molar-refractivity contribution is 6.04. The number of piperazine rings is 1. The predicted octanol–water partition coefficient (Wildman–Crippen LogP) is 5.65. The molecule has 0 radical (unpaired) electrons. The molecule has 216 valence electrons. The zero-order chi connectivity index (χ0) is 28.4. The van der Waals surface area contributed by atoms with E-state index in [4.69, 9.17) is 4.98 Å². The molecule has 0 spiro atoms. The smallest absolute Gasteiger partial charge is 0.270 e. The average molecular weight is 554 g/mol. The van der Waals surface area contributed by atoms with Crippen molar-refractivity contribution in [2.24, 2.45) is 5.92 Å². The second-order valence-corrected chi connectivity index (χ2v) is 11.8. The molecule has 0 atom stereocenters. The van der Waals surface area contributed by atoms with Gasteiger partial charge in [-0.05, 0) is 75.3 Å². The van der Waals surface area contributed by atoms with E-state index in [2.05, 4.69) is 51.7 Å². The van der Waals surface area contributed by atoms with Gasteiger partial charge < -0.3 is 9.67 Å². The van der Waals surface area contributed by atoms with Gasteiger partial charge in [-0.25, -0.2) is 13.8 Å².